The number of hydrogen-bond donors (Lipinski definition) is 3. The predicted molar refractivity (Wildman–Crippen MR) is 69.8 cm³/mol. The maximum Gasteiger partial charge on any atom is 0.258 e. The van der Waals surface area contributed by atoms with Crippen molar-refractivity contribution in [1.29, 1.82) is 0 Å². The van der Waals surface area contributed by atoms with Gasteiger partial charge in [0, 0.05) is 0 Å². The molecule has 0 saturated heterocycles. The van der Waals surface area contributed by atoms with Crippen molar-refractivity contribution in [3.8, 4) is 5.75 Å². The summed E-state index contributed by atoms with van der Waals surface area (Å²) in [5, 5.41) is 11.6. The number of aliphatic hydroxyl groups excluding tert-OH is 1. The molecule has 1 rings (SSSR count). The molecule has 0 unspecified atom stereocenters. The van der Waals surface area contributed by atoms with Crippen molar-refractivity contribution in [2.75, 3.05) is 13.2 Å². The van der Waals surface area contributed by atoms with Gasteiger partial charge in [-0.1, -0.05) is 12.1 Å². The number of carbonyl (C=O) groups excluding carboxylic acids is 2. The predicted octanol–water partition coefficient (Wildman–Crippen LogP) is 0.0514. The molecule has 6 nitrogen and oxygen atoms in total. The van der Waals surface area contributed by atoms with E-state index < -0.39 is 17.4 Å². The lowest BCUT2D eigenvalue weighted by Gasteiger charge is -2.23. The quantitative estimate of drug-likeness (QED) is 0.677. The first-order chi connectivity index (χ1) is 8.85. The molecule has 0 heterocycles. The summed E-state index contributed by atoms with van der Waals surface area (Å²) in [7, 11) is 0. The largest absolute Gasteiger partial charge is 0.483 e. The molecule has 0 saturated carbocycles. The van der Waals surface area contributed by atoms with Crippen molar-refractivity contribution < 1.29 is 19.4 Å². The van der Waals surface area contributed by atoms with Crippen molar-refractivity contribution in [2.24, 2.45) is 5.73 Å². The minimum Gasteiger partial charge on any atom is -0.483 e. The number of benzene rings is 1. The Kier molecular flexibility index (Phi) is 4.88. The van der Waals surface area contributed by atoms with E-state index in [1.165, 1.54) is 6.07 Å². The minimum absolute atomic E-state index is 0.184. The van der Waals surface area contributed by atoms with Gasteiger partial charge in [0.2, 0.25) is 0 Å². The SMILES string of the molecule is CC(C)(CO)NC(=O)COc1ccccc1C(N)=O. The first-order valence-electron chi connectivity index (χ1n) is 5.79. The van der Waals surface area contributed by atoms with Crippen LogP contribution < -0.4 is 15.8 Å². The molecular weight excluding hydrogens is 248 g/mol. The summed E-state index contributed by atoms with van der Waals surface area (Å²) >= 11 is 0. The van der Waals surface area contributed by atoms with E-state index in [2.05, 4.69) is 5.32 Å². The minimum atomic E-state index is -0.719. The third-order valence-electron chi connectivity index (χ3n) is 2.38. The van der Waals surface area contributed by atoms with Gasteiger partial charge in [0.1, 0.15) is 5.75 Å². The topological polar surface area (TPSA) is 102 Å². The van der Waals surface area contributed by atoms with Crippen LogP contribution in [0.25, 0.3) is 0 Å². The van der Waals surface area contributed by atoms with E-state index >= 15 is 0 Å². The van der Waals surface area contributed by atoms with Gasteiger partial charge in [0.05, 0.1) is 17.7 Å². The average Bonchev–Trinajstić information content (AvgIpc) is 2.36. The number of primary amides is 1. The highest BCUT2D eigenvalue weighted by molar-refractivity contribution is 5.95. The highest BCUT2D eigenvalue weighted by Gasteiger charge is 2.19. The van der Waals surface area contributed by atoms with E-state index in [9.17, 15) is 9.59 Å². The lowest BCUT2D eigenvalue weighted by molar-refractivity contribution is -0.125. The van der Waals surface area contributed by atoms with Crippen molar-refractivity contribution >= 4 is 11.8 Å². The lowest BCUT2D eigenvalue weighted by Crippen LogP contribution is -2.48. The molecule has 4 N–H and O–H groups in total. The van der Waals surface area contributed by atoms with Crippen LogP contribution in [0.3, 0.4) is 0 Å². The van der Waals surface area contributed by atoms with Crippen LogP contribution in [0.5, 0.6) is 5.75 Å². The summed E-state index contributed by atoms with van der Waals surface area (Å²) in [5.74, 6) is -0.753. The van der Waals surface area contributed by atoms with Gasteiger partial charge >= 0.3 is 0 Å². The molecule has 2 amide bonds. The number of nitrogens with two attached hydrogens (primary N) is 1. The maximum absolute atomic E-state index is 11.6. The molecular formula is C13H18N2O4. The zero-order valence-electron chi connectivity index (χ0n) is 11.0. The summed E-state index contributed by atoms with van der Waals surface area (Å²) in [6, 6.07) is 6.41. The maximum atomic E-state index is 11.6. The fraction of sp³-hybridized carbons (Fsp3) is 0.385. The molecule has 0 bridgehead atoms. The number of amides is 2. The number of nitrogens with one attached hydrogen (secondary N) is 1. The molecule has 0 aromatic heterocycles. The normalized spacial score (nSPS) is 10.9. The first-order valence-corrected chi connectivity index (χ1v) is 5.79. The average molecular weight is 266 g/mol. The van der Waals surface area contributed by atoms with Gasteiger partial charge in [-0.25, -0.2) is 0 Å². The Bertz CT molecular complexity index is 471. The zero-order valence-corrected chi connectivity index (χ0v) is 11.0. The van der Waals surface area contributed by atoms with E-state index in [-0.39, 0.29) is 24.5 Å². The summed E-state index contributed by atoms with van der Waals surface area (Å²) < 4.78 is 5.26. The van der Waals surface area contributed by atoms with Crippen molar-refractivity contribution in [2.45, 2.75) is 19.4 Å². The molecule has 19 heavy (non-hydrogen) atoms. The van der Waals surface area contributed by atoms with Crippen LogP contribution in [-0.2, 0) is 4.79 Å². The van der Waals surface area contributed by atoms with Crippen molar-refractivity contribution in [3.05, 3.63) is 29.8 Å². The third-order valence-corrected chi connectivity index (χ3v) is 2.38. The number of para-hydroxylation sites is 1. The number of hydrogen-bond acceptors (Lipinski definition) is 4. The second kappa shape index (κ2) is 6.19. The van der Waals surface area contributed by atoms with Crippen LogP contribution in [0, 0.1) is 0 Å². The monoisotopic (exact) mass is 266 g/mol. The Morgan fingerprint density at radius 1 is 1.37 bits per heavy atom. The molecule has 0 spiro atoms. The third kappa shape index (κ3) is 4.59. The number of ether oxygens (including phenoxy) is 1. The van der Waals surface area contributed by atoms with Crippen LogP contribution in [0.15, 0.2) is 24.3 Å². The summed E-state index contributed by atoms with van der Waals surface area (Å²) in [4.78, 5) is 22.8. The molecule has 0 aliphatic carbocycles. The van der Waals surface area contributed by atoms with Crippen LogP contribution in [-0.4, -0.2) is 35.7 Å². The molecule has 1 aromatic carbocycles. The zero-order chi connectivity index (χ0) is 14.5. The van der Waals surface area contributed by atoms with Crippen LogP contribution in [0.1, 0.15) is 24.2 Å². The Hall–Kier alpha value is -2.08. The molecule has 0 aliphatic rings. The second-order valence-corrected chi connectivity index (χ2v) is 4.74. The van der Waals surface area contributed by atoms with E-state index in [1.54, 1.807) is 32.0 Å². The number of aliphatic hydroxyl groups is 1. The summed E-state index contributed by atoms with van der Waals surface area (Å²) in [5.41, 5.74) is 4.69. The van der Waals surface area contributed by atoms with Gasteiger partial charge in [-0.3, -0.25) is 9.59 Å². The van der Waals surface area contributed by atoms with E-state index in [0.717, 1.165) is 0 Å². The molecule has 104 valence electrons. The number of rotatable bonds is 6. The van der Waals surface area contributed by atoms with Gasteiger partial charge in [0.25, 0.3) is 11.8 Å². The Labute approximate surface area is 111 Å². The Balaban J connectivity index is 2.63. The van der Waals surface area contributed by atoms with E-state index in [1.807, 2.05) is 0 Å². The summed E-state index contributed by atoms with van der Waals surface area (Å²) in [6.07, 6.45) is 0. The molecule has 6 heteroatoms. The van der Waals surface area contributed by atoms with Gasteiger partial charge in [-0.05, 0) is 26.0 Å². The fourth-order valence-corrected chi connectivity index (χ4v) is 1.39. The van der Waals surface area contributed by atoms with Crippen LogP contribution in [0.2, 0.25) is 0 Å². The van der Waals surface area contributed by atoms with Crippen LogP contribution >= 0.6 is 0 Å². The van der Waals surface area contributed by atoms with E-state index in [4.69, 9.17) is 15.6 Å². The Morgan fingerprint density at radius 3 is 2.58 bits per heavy atom. The summed E-state index contributed by atoms with van der Waals surface area (Å²) in [6.45, 7) is 2.93. The van der Waals surface area contributed by atoms with Crippen LogP contribution in [0.4, 0.5) is 0 Å². The van der Waals surface area contributed by atoms with Gasteiger partial charge in [-0.15, -0.1) is 0 Å². The first kappa shape index (κ1) is 15.0. The highest BCUT2D eigenvalue weighted by atomic mass is 16.5. The van der Waals surface area contributed by atoms with Gasteiger partial charge in [-0.2, -0.15) is 0 Å². The smallest absolute Gasteiger partial charge is 0.258 e. The second-order valence-electron chi connectivity index (χ2n) is 4.74. The lowest BCUT2D eigenvalue weighted by atomic mass is 10.1. The highest BCUT2D eigenvalue weighted by Crippen LogP contribution is 2.16. The van der Waals surface area contributed by atoms with Gasteiger partial charge < -0.3 is 20.9 Å². The number of carbonyl (C=O) groups is 2. The molecule has 0 aliphatic heterocycles. The fourth-order valence-electron chi connectivity index (χ4n) is 1.39. The standard InChI is InChI=1S/C13H18N2O4/c1-13(2,8-16)15-11(17)7-19-10-6-4-3-5-9(10)12(14)18/h3-6,16H,7-8H2,1-2H3,(H2,14,18)(H,15,17). The van der Waals surface area contributed by atoms with Crippen molar-refractivity contribution in [3.63, 3.8) is 0 Å². The van der Waals surface area contributed by atoms with Crippen molar-refractivity contribution in [1.82, 2.24) is 5.32 Å². The molecule has 0 radical (unpaired) electrons. The molecule has 0 fully saturated rings. The van der Waals surface area contributed by atoms with Gasteiger partial charge in [0.15, 0.2) is 6.61 Å². The molecule has 1 aromatic rings. The Morgan fingerprint density at radius 2 is 2.00 bits per heavy atom. The molecule has 0 atom stereocenters. The van der Waals surface area contributed by atoms with E-state index in [0.29, 0.717) is 0 Å².